The molecule has 0 unspecified atom stereocenters. The molecule has 4 aromatic heterocycles. The fourth-order valence-electron chi connectivity index (χ4n) is 6.04. The topological polar surface area (TPSA) is 115 Å². The fraction of sp³-hybridized carbons (Fsp3) is 0.406. The van der Waals surface area contributed by atoms with Crippen molar-refractivity contribution in [3.05, 3.63) is 69.9 Å². The van der Waals surface area contributed by atoms with E-state index in [2.05, 4.69) is 62.6 Å². The van der Waals surface area contributed by atoms with Gasteiger partial charge in [0.25, 0.3) is 0 Å². The number of ether oxygens (including phenoxy) is 2. The highest BCUT2D eigenvalue weighted by Crippen LogP contribution is 2.39. The number of aromatic nitrogens is 5. The van der Waals surface area contributed by atoms with Gasteiger partial charge < -0.3 is 14.6 Å². The Hall–Kier alpha value is -4.09. The van der Waals surface area contributed by atoms with E-state index in [0.717, 1.165) is 45.3 Å². The molecule has 3 atom stereocenters. The number of thiophene rings is 1. The Balaban J connectivity index is 1.44. The maximum Gasteiger partial charge on any atom is 0.306 e. The Kier molecular flexibility index (Phi) is 8.02. The number of hydrogen-bond donors (Lipinski definition) is 1. The number of pyridine rings is 2. The van der Waals surface area contributed by atoms with Crippen LogP contribution in [-0.4, -0.2) is 60.2 Å². The van der Waals surface area contributed by atoms with Crippen molar-refractivity contribution in [3.63, 3.8) is 0 Å². The van der Waals surface area contributed by atoms with Gasteiger partial charge in [0.2, 0.25) is 5.88 Å². The van der Waals surface area contributed by atoms with Crippen molar-refractivity contribution in [2.75, 3.05) is 13.2 Å². The predicted molar refractivity (Wildman–Crippen MR) is 165 cm³/mol. The van der Waals surface area contributed by atoms with Crippen LogP contribution in [0.25, 0.3) is 21.3 Å². The third kappa shape index (κ3) is 5.54. The summed E-state index contributed by atoms with van der Waals surface area (Å²) >= 11 is 1.71. The molecule has 0 spiro atoms. The van der Waals surface area contributed by atoms with E-state index in [1.807, 2.05) is 33.2 Å². The SMILES string of the molecule is CCOC(=O)C[C@H](c1cc(CN2C[C@@H](CC)Oc3ccc(O)nc3[C@@H]2C)c2sccc2c1)c1cnc2c(nnn2C)c1C. The van der Waals surface area contributed by atoms with E-state index < -0.39 is 0 Å². The maximum absolute atomic E-state index is 13.0. The molecule has 10 nitrogen and oxygen atoms in total. The van der Waals surface area contributed by atoms with Gasteiger partial charge in [-0.15, -0.1) is 16.4 Å². The molecule has 224 valence electrons. The van der Waals surface area contributed by atoms with Gasteiger partial charge >= 0.3 is 5.97 Å². The molecule has 1 N–H and O–H groups in total. The van der Waals surface area contributed by atoms with Crippen LogP contribution in [0.15, 0.2) is 41.9 Å². The number of hydrogen-bond acceptors (Lipinski definition) is 10. The molecule has 0 fully saturated rings. The quantitative estimate of drug-likeness (QED) is 0.220. The summed E-state index contributed by atoms with van der Waals surface area (Å²) < 4.78 is 14.6. The molecule has 43 heavy (non-hydrogen) atoms. The van der Waals surface area contributed by atoms with E-state index in [1.54, 1.807) is 22.1 Å². The van der Waals surface area contributed by atoms with Crippen molar-refractivity contribution < 1.29 is 19.4 Å². The number of aromatic hydroxyl groups is 1. The molecular weight excluding hydrogens is 564 g/mol. The molecule has 1 aliphatic heterocycles. The molecule has 0 saturated heterocycles. The number of benzene rings is 1. The van der Waals surface area contributed by atoms with Gasteiger partial charge in [0.05, 0.1) is 19.1 Å². The third-order valence-electron chi connectivity index (χ3n) is 8.39. The maximum atomic E-state index is 13.0. The monoisotopic (exact) mass is 600 g/mol. The average molecular weight is 601 g/mol. The minimum absolute atomic E-state index is 0.0129. The zero-order valence-corrected chi connectivity index (χ0v) is 25.9. The predicted octanol–water partition coefficient (Wildman–Crippen LogP) is 5.81. The Morgan fingerprint density at radius 1 is 1.26 bits per heavy atom. The van der Waals surface area contributed by atoms with Gasteiger partial charge in [-0.2, -0.15) is 0 Å². The Labute approximate surface area is 254 Å². The first kappa shape index (κ1) is 29.0. The van der Waals surface area contributed by atoms with Crippen molar-refractivity contribution in [3.8, 4) is 11.6 Å². The standard InChI is InChI=1S/C32H36N6O4S/c1-6-23-17-38(19(4)30-26(42-23)8-9-27(39)34-30)16-22-13-21(12-20-10-11-43-31(20)22)24(14-28(40)41-7-2)25-15-33-32-29(18(25)3)35-36-37(32)5/h8-13,15,19,23-24H,6-7,14,16-17H2,1-5H3,(H,34,39)/t19-,23+,24+/m0/s1. The van der Waals surface area contributed by atoms with Gasteiger partial charge in [0, 0.05) is 43.0 Å². The van der Waals surface area contributed by atoms with Crippen LogP contribution >= 0.6 is 11.3 Å². The van der Waals surface area contributed by atoms with Crippen LogP contribution in [0.5, 0.6) is 11.6 Å². The summed E-state index contributed by atoms with van der Waals surface area (Å²) in [5.74, 6) is 0.155. The number of nitrogens with zero attached hydrogens (tertiary/aromatic N) is 6. The van der Waals surface area contributed by atoms with E-state index in [1.165, 1.54) is 4.70 Å². The van der Waals surface area contributed by atoms with Gasteiger partial charge in [-0.1, -0.05) is 18.2 Å². The zero-order valence-electron chi connectivity index (χ0n) is 25.1. The molecule has 6 rings (SSSR count). The van der Waals surface area contributed by atoms with Crippen LogP contribution in [0.4, 0.5) is 0 Å². The van der Waals surface area contributed by atoms with E-state index in [0.29, 0.717) is 31.1 Å². The average Bonchev–Trinajstić information content (AvgIpc) is 3.60. The lowest BCUT2D eigenvalue weighted by molar-refractivity contribution is -0.143. The highest BCUT2D eigenvalue weighted by Gasteiger charge is 2.31. The molecule has 5 heterocycles. The zero-order chi connectivity index (χ0) is 30.2. The summed E-state index contributed by atoms with van der Waals surface area (Å²) in [7, 11) is 1.82. The van der Waals surface area contributed by atoms with E-state index >= 15 is 0 Å². The lowest BCUT2D eigenvalue weighted by Crippen LogP contribution is -2.34. The molecule has 1 aliphatic rings. The summed E-state index contributed by atoms with van der Waals surface area (Å²) in [6.45, 7) is 9.74. The summed E-state index contributed by atoms with van der Waals surface area (Å²) in [5.41, 5.74) is 6.21. The van der Waals surface area contributed by atoms with Crippen LogP contribution in [0, 0.1) is 6.92 Å². The van der Waals surface area contributed by atoms with Gasteiger partial charge in [-0.25, -0.2) is 14.6 Å². The molecule has 0 radical (unpaired) electrons. The van der Waals surface area contributed by atoms with E-state index in [9.17, 15) is 9.90 Å². The normalized spacial score (nSPS) is 17.9. The number of carbonyl (C=O) groups excluding carboxylic acids is 1. The van der Waals surface area contributed by atoms with Crippen LogP contribution in [0.3, 0.4) is 0 Å². The highest BCUT2D eigenvalue weighted by atomic mass is 32.1. The minimum Gasteiger partial charge on any atom is -0.493 e. The molecular formula is C32H36N6O4S. The van der Waals surface area contributed by atoms with Crippen LogP contribution < -0.4 is 4.74 Å². The summed E-state index contributed by atoms with van der Waals surface area (Å²) in [6.07, 6.45) is 2.86. The Morgan fingerprint density at radius 2 is 2.09 bits per heavy atom. The number of rotatable bonds is 8. The lowest BCUT2D eigenvalue weighted by atomic mass is 9.85. The second-order valence-electron chi connectivity index (χ2n) is 11.1. The van der Waals surface area contributed by atoms with Gasteiger partial charge in [-0.05, 0) is 78.4 Å². The first-order valence-corrected chi connectivity index (χ1v) is 15.6. The van der Waals surface area contributed by atoms with Crippen LogP contribution in [0.2, 0.25) is 0 Å². The van der Waals surface area contributed by atoms with Crippen molar-refractivity contribution in [2.24, 2.45) is 7.05 Å². The number of carbonyl (C=O) groups is 1. The van der Waals surface area contributed by atoms with E-state index in [4.69, 9.17) is 9.47 Å². The van der Waals surface area contributed by atoms with Crippen LogP contribution in [-0.2, 0) is 23.1 Å². The van der Waals surface area contributed by atoms with Crippen LogP contribution in [0.1, 0.15) is 73.5 Å². The summed E-state index contributed by atoms with van der Waals surface area (Å²) in [5, 5.41) is 21.9. The van der Waals surface area contributed by atoms with Crippen molar-refractivity contribution in [2.45, 2.75) is 65.1 Å². The Morgan fingerprint density at radius 3 is 2.88 bits per heavy atom. The van der Waals surface area contributed by atoms with Crippen molar-refractivity contribution in [1.82, 2.24) is 29.9 Å². The summed E-state index contributed by atoms with van der Waals surface area (Å²) in [4.78, 5) is 24.5. The molecule has 0 amide bonds. The highest BCUT2D eigenvalue weighted by molar-refractivity contribution is 7.17. The van der Waals surface area contributed by atoms with E-state index in [-0.39, 0.29) is 36.3 Å². The molecule has 0 bridgehead atoms. The van der Waals surface area contributed by atoms with Gasteiger partial charge in [-0.3, -0.25) is 9.69 Å². The molecule has 0 aliphatic carbocycles. The molecule has 1 aromatic carbocycles. The van der Waals surface area contributed by atoms with Gasteiger partial charge in [0.1, 0.15) is 23.1 Å². The Bertz CT molecular complexity index is 1800. The number of aryl methyl sites for hydroxylation is 2. The molecule has 0 saturated carbocycles. The fourth-order valence-corrected chi connectivity index (χ4v) is 6.93. The largest absolute Gasteiger partial charge is 0.493 e. The number of fused-ring (bicyclic) bond motifs is 3. The smallest absolute Gasteiger partial charge is 0.306 e. The molecule has 11 heteroatoms. The van der Waals surface area contributed by atoms with Gasteiger partial charge in [0.15, 0.2) is 5.65 Å². The second kappa shape index (κ2) is 11.9. The number of esters is 1. The first-order chi connectivity index (χ1) is 20.8. The molecule has 5 aromatic rings. The third-order valence-corrected chi connectivity index (χ3v) is 9.40. The second-order valence-corrected chi connectivity index (χ2v) is 12.0. The lowest BCUT2D eigenvalue weighted by Gasteiger charge is -2.29. The first-order valence-electron chi connectivity index (χ1n) is 14.7. The van der Waals surface area contributed by atoms with Crippen molar-refractivity contribution in [1.29, 1.82) is 0 Å². The summed E-state index contributed by atoms with van der Waals surface area (Å²) in [6, 6.07) is 9.83. The van der Waals surface area contributed by atoms with Crippen molar-refractivity contribution >= 4 is 38.6 Å². The minimum atomic E-state index is -0.284.